The van der Waals surface area contributed by atoms with Crippen molar-refractivity contribution in [2.75, 3.05) is 0 Å². The second-order valence-corrected chi connectivity index (χ2v) is 4.29. The Morgan fingerprint density at radius 1 is 1.82 bits per heavy atom. The van der Waals surface area contributed by atoms with Gasteiger partial charge in [-0.3, -0.25) is 0 Å². The van der Waals surface area contributed by atoms with Crippen molar-refractivity contribution in [3.8, 4) is 0 Å². The number of nitrogens with zero attached hydrogens (tertiary/aromatic N) is 1. The fourth-order valence-corrected chi connectivity index (χ4v) is 1.76. The Hall–Kier alpha value is -0.120. The highest BCUT2D eigenvalue weighted by molar-refractivity contribution is 7.15. The molecule has 2 N–H and O–H groups in total. The summed E-state index contributed by atoms with van der Waals surface area (Å²) in [7, 11) is 0. The first-order chi connectivity index (χ1) is 5.18. The van der Waals surface area contributed by atoms with Crippen molar-refractivity contribution in [3.63, 3.8) is 0 Å². The van der Waals surface area contributed by atoms with Gasteiger partial charge in [0, 0.05) is 17.1 Å². The van der Waals surface area contributed by atoms with Crippen LogP contribution in [0.15, 0.2) is 6.20 Å². The highest BCUT2D eigenvalue weighted by atomic mass is 35.5. The summed E-state index contributed by atoms with van der Waals surface area (Å²) in [6.07, 6.45) is 3.80. The van der Waals surface area contributed by atoms with Gasteiger partial charge in [-0.25, -0.2) is 4.98 Å². The lowest BCUT2D eigenvalue weighted by Gasteiger charge is -2.00. The average Bonchev–Trinajstić information content (AvgIpc) is 2.31. The van der Waals surface area contributed by atoms with Crippen LogP contribution >= 0.6 is 22.9 Å². The van der Waals surface area contributed by atoms with Gasteiger partial charge in [0.1, 0.15) is 0 Å². The molecule has 0 saturated carbocycles. The SMILES string of the molecule is C[C@H](N)CCc1cnc(Cl)s1. The minimum Gasteiger partial charge on any atom is -0.328 e. The van der Waals surface area contributed by atoms with E-state index in [2.05, 4.69) is 4.98 Å². The summed E-state index contributed by atoms with van der Waals surface area (Å²) in [6, 6.07) is 0.260. The molecule has 0 spiro atoms. The first-order valence-electron chi connectivity index (χ1n) is 3.54. The monoisotopic (exact) mass is 190 g/mol. The third-order valence-corrected chi connectivity index (χ3v) is 2.55. The molecule has 0 aliphatic heterocycles. The molecular formula is C7H11ClN2S. The minimum absolute atomic E-state index is 0.260. The van der Waals surface area contributed by atoms with Crippen molar-refractivity contribution in [2.24, 2.45) is 5.73 Å². The summed E-state index contributed by atoms with van der Waals surface area (Å²) in [5.74, 6) is 0. The Kier molecular flexibility index (Phi) is 3.30. The molecule has 0 unspecified atom stereocenters. The van der Waals surface area contributed by atoms with E-state index in [1.807, 2.05) is 13.1 Å². The summed E-state index contributed by atoms with van der Waals surface area (Å²) in [6.45, 7) is 2.00. The number of hydrogen-bond donors (Lipinski definition) is 1. The Morgan fingerprint density at radius 2 is 2.55 bits per heavy atom. The van der Waals surface area contributed by atoms with Gasteiger partial charge in [-0.2, -0.15) is 0 Å². The Bertz CT molecular complexity index is 222. The van der Waals surface area contributed by atoms with Gasteiger partial charge in [-0.1, -0.05) is 11.6 Å². The van der Waals surface area contributed by atoms with Crippen LogP contribution in [0.4, 0.5) is 0 Å². The van der Waals surface area contributed by atoms with Crippen molar-refractivity contribution in [2.45, 2.75) is 25.8 Å². The number of aryl methyl sites for hydroxylation is 1. The largest absolute Gasteiger partial charge is 0.328 e. The van der Waals surface area contributed by atoms with Crippen molar-refractivity contribution in [3.05, 3.63) is 15.5 Å². The zero-order valence-electron chi connectivity index (χ0n) is 6.38. The maximum absolute atomic E-state index is 5.65. The molecule has 0 bridgehead atoms. The van der Waals surface area contributed by atoms with Gasteiger partial charge in [0.15, 0.2) is 4.47 Å². The van der Waals surface area contributed by atoms with Crippen LogP contribution in [0.3, 0.4) is 0 Å². The number of hydrogen-bond acceptors (Lipinski definition) is 3. The molecule has 4 heteroatoms. The van der Waals surface area contributed by atoms with Crippen LogP contribution in [0, 0.1) is 0 Å². The Labute approximate surface area is 75.4 Å². The maximum Gasteiger partial charge on any atom is 0.183 e. The first kappa shape index (κ1) is 8.97. The van der Waals surface area contributed by atoms with Crippen molar-refractivity contribution in [1.29, 1.82) is 0 Å². The van der Waals surface area contributed by atoms with E-state index < -0.39 is 0 Å². The van der Waals surface area contributed by atoms with Gasteiger partial charge in [-0.05, 0) is 19.8 Å². The molecule has 1 aromatic rings. The number of thiazole rings is 1. The summed E-state index contributed by atoms with van der Waals surface area (Å²) in [4.78, 5) is 5.15. The average molecular weight is 191 g/mol. The molecule has 0 saturated heterocycles. The summed E-state index contributed by atoms with van der Waals surface area (Å²) >= 11 is 7.18. The van der Waals surface area contributed by atoms with Gasteiger partial charge in [-0.15, -0.1) is 11.3 Å². The normalized spacial score (nSPS) is 13.4. The zero-order chi connectivity index (χ0) is 8.27. The second kappa shape index (κ2) is 4.04. The quantitative estimate of drug-likeness (QED) is 0.793. The van der Waals surface area contributed by atoms with Crippen molar-refractivity contribution < 1.29 is 0 Å². The van der Waals surface area contributed by atoms with Gasteiger partial charge in [0.25, 0.3) is 0 Å². The van der Waals surface area contributed by atoms with Gasteiger partial charge in [0.2, 0.25) is 0 Å². The Balaban J connectivity index is 2.39. The number of nitrogens with two attached hydrogens (primary N) is 1. The predicted molar refractivity (Wildman–Crippen MR) is 49.1 cm³/mol. The Morgan fingerprint density at radius 3 is 3.00 bits per heavy atom. The van der Waals surface area contributed by atoms with Gasteiger partial charge in [0.05, 0.1) is 0 Å². The maximum atomic E-state index is 5.65. The molecule has 62 valence electrons. The summed E-state index contributed by atoms with van der Waals surface area (Å²) in [5, 5.41) is 0. The van der Waals surface area contributed by atoms with E-state index in [-0.39, 0.29) is 6.04 Å². The first-order valence-corrected chi connectivity index (χ1v) is 4.73. The van der Waals surface area contributed by atoms with E-state index in [1.165, 1.54) is 16.2 Å². The van der Waals surface area contributed by atoms with Crippen molar-refractivity contribution in [1.82, 2.24) is 4.98 Å². The van der Waals surface area contributed by atoms with Gasteiger partial charge >= 0.3 is 0 Å². The minimum atomic E-state index is 0.260. The second-order valence-electron chi connectivity index (χ2n) is 2.60. The molecule has 2 nitrogen and oxygen atoms in total. The van der Waals surface area contributed by atoms with Crippen LogP contribution < -0.4 is 5.73 Å². The molecule has 0 aliphatic rings. The smallest absolute Gasteiger partial charge is 0.183 e. The number of halogens is 1. The molecule has 0 amide bonds. The van der Waals surface area contributed by atoms with E-state index in [1.54, 1.807) is 0 Å². The van der Waals surface area contributed by atoms with E-state index in [4.69, 9.17) is 17.3 Å². The van der Waals surface area contributed by atoms with Crippen LogP contribution in [0.1, 0.15) is 18.2 Å². The summed E-state index contributed by atoms with van der Waals surface area (Å²) < 4.78 is 0.615. The van der Waals surface area contributed by atoms with E-state index in [0.717, 1.165) is 12.8 Å². The third kappa shape index (κ3) is 3.18. The van der Waals surface area contributed by atoms with Crippen molar-refractivity contribution >= 4 is 22.9 Å². The third-order valence-electron chi connectivity index (χ3n) is 1.37. The standard InChI is InChI=1S/C7H11ClN2S/c1-5(9)2-3-6-4-10-7(8)11-6/h4-5H,2-3,9H2,1H3/t5-/m0/s1. The lowest BCUT2D eigenvalue weighted by atomic mass is 10.2. The van der Waals surface area contributed by atoms with E-state index in [0.29, 0.717) is 4.47 Å². The molecule has 11 heavy (non-hydrogen) atoms. The van der Waals surface area contributed by atoms with E-state index in [9.17, 15) is 0 Å². The van der Waals surface area contributed by atoms with Crippen LogP contribution in [0.2, 0.25) is 4.47 Å². The molecular weight excluding hydrogens is 180 g/mol. The molecule has 1 rings (SSSR count). The van der Waals surface area contributed by atoms with Crippen LogP contribution in [0.5, 0.6) is 0 Å². The zero-order valence-corrected chi connectivity index (χ0v) is 7.95. The fraction of sp³-hybridized carbons (Fsp3) is 0.571. The topological polar surface area (TPSA) is 38.9 Å². The molecule has 0 fully saturated rings. The number of aromatic nitrogens is 1. The lowest BCUT2D eigenvalue weighted by molar-refractivity contribution is 0.670. The van der Waals surface area contributed by atoms with Crippen LogP contribution in [-0.2, 0) is 6.42 Å². The molecule has 1 atom stereocenters. The highest BCUT2D eigenvalue weighted by Gasteiger charge is 2.00. The van der Waals surface area contributed by atoms with E-state index >= 15 is 0 Å². The molecule has 1 heterocycles. The molecule has 1 aromatic heterocycles. The molecule has 0 aromatic carbocycles. The predicted octanol–water partition coefficient (Wildman–Crippen LogP) is 2.08. The lowest BCUT2D eigenvalue weighted by Crippen LogP contribution is -2.14. The van der Waals surface area contributed by atoms with Crippen LogP contribution in [-0.4, -0.2) is 11.0 Å². The summed E-state index contributed by atoms with van der Waals surface area (Å²) in [5.41, 5.74) is 5.60. The number of rotatable bonds is 3. The molecule has 0 aliphatic carbocycles. The molecule has 0 radical (unpaired) electrons. The van der Waals surface area contributed by atoms with Crippen LogP contribution in [0.25, 0.3) is 0 Å². The fourth-order valence-electron chi connectivity index (χ4n) is 0.769. The van der Waals surface area contributed by atoms with Gasteiger partial charge < -0.3 is 5.73 Å². The highest BCUT2D eigenvalue weighted by Crippen LogP contribution is 2.19.